The van der Waals surface area contributed by atoms with E-state index in [2.05, 4.69) is 0 Å². The van der Waals surface area contributed by atoms with Crippen molar-refractivity contribution in [3.8, 4) is 0 Å². The van der Waals surface area contributed by atoms with Crippen LogP contribution in [-0.4, -0.2) is 47.8 Å². The summed E-state index contributed by atoms with van der Waals surface area (Å²) in [5.74, 6) is 0. The van der Waals surface area contributed by atoms with E-state index >= 15 is 0 Å². The first-order valence-electron chi connectivity index (χ1n) is 3.96. The summed E-state index contributed by atoms with van der Waals surface area (Å²) in [6, 6.07) is 0. The van der Waals surface area contributed by atoms with Crippen LogP contribution < -0.4 is 51.4 Å². The Balaban J connectivity index is -0.0000000347. The minimum absolute atomic E-state index is 0. The fourth-order valence-corrected chi connectivity index (χ4v) is 0. The summed E-state index contributed by atoms with van der Waals surface area (Å²) < 4.78 is 117. The Morgan fingerprint density at radius 3 is 0.500 bits per heavy atom. The molecule has 0 aromatic carbocycles. The van der Waals surface area contributed by atoms with Crippen LogP contribution in [-0.2, 0) is 0 Å². The van der Waals surface area contributed by atoms with Crippen LogP contribution in [0.5, 0.6) is 0 Å². The Morgan fingerprint density at radius 2 is 0.500 bits per heavy atom. The van der Waals surface area contributed by atoms with Crippen molar-refractivity contribution in [2.45, 2.75) is 0 Å². The molecule has 0 aliphatic rings. The minimum Gasteiger partial charge on any atom is -1.00 e. The first kappa shape index (κ1) is 32.8. The van der Waals surface area contributed by atoms with Crippen LogP contribution in [0.2, 0.25) is 0 Å². The molecule has 0 atom stereocenters. The molecule has 0 N–H and O–H groups in total. The van der Waals surface area contributed by atoms with Gasteiger partial charge in [0.1, 0.15) is 0 Å². The summed E-state index contributed by atoms with van der Waals surface area (Å²) in [5, 5.41) is 0. The first-order valence-corrected chi connectivity index (χ1v) is 3.96. The van der Waals surface area contributed by atoms with Gasteiger partial charge in [0.15, 0.2) is 0 Å². The van der Waals surface area contributed by atoms with E-state index in [4.69, 9.17) is 0 Å². The van der Waals surface area contributed by atoms with E-state index in [1.165, 1.54) is 0 Å². The smallest absolute Gasteiger partial charge is 1.00 e. The summed E-state index contributed by atoms with van der Waals surface area (Å²) in [7, 11) is -12.0. The van der Waals surface area contributed by atoms with E-state index in [1.807, 2.05) is 26.0 Å². The van der Waals surface area contributed by atoms with Crippen molar-refractivity contribution in [2.75, 3.05) is 21.1 Å². The molecular weight excluding hydrogens is 350 g/mol. The zero-order valence-electron chi connectivity index (χ0n) is 11.7. The van der Waals surface area contributed by atoms with Crippen LogP contribution in [0.25, 0.3) is 0 Å². The van der Waals surface area contributed by atoms with Crippen molar-refractivity contribution < 1.29 is 105 Å². The van der Waals surface area contributed by atoms with Gasteiger partial charge in [-0.25, -0.2) is 0 Å². The maximum absolute atomic E-state index is 9.75. The molecule has 1 nitrogen and oxygen atoms in total. The average molecular weight is 360 g/mol. The van der Waals surface area contributed by atoms with Crippen molar-refractivity contribution in [2.24, 2.45) is 0 Å². The van der Waals surface area contributed by atoms with Gasteiger partial charge in [-0.1, -0.05) is 0 Å². The minimum atomic E-state index is -6.00. The van der Waals surface area contributed by atoms with E-state index in [9.17, 15) is 51.8 Å². The Hall–Kier alpha value is 0.951. The molecule has 0 unspecified atom stereocenters. The molecule has 0 saturated heterocycles. The molecule has 0 amide bonds. The number of rotatable bonds is 0. The molecule has 0 spiro atoms. The van der Waals surface area contributed by atoms with E-state index in [0.29, 0.717) is 0 Å². The van der Waals surface area contributed by atoms with Gasteiger partial charge in [0.2, 0.25) is 0 Å². The second kappa shape index (κ2) is 14.9. The Bertz CT molecular complexity index is 144. The molecule has 124 valence electrons. The molecule has 0 saturated carbocycles. The maximum atomic E-state index is 9.75. The first-order chi connectivity index (χ1) is 7.73. The zero-order chi connectivity index (χ0) is 17.1. The Labute approximate surface area is 151 Å². The van der Waals surface area contributed by atoms with Crippen LogP contribution in [0, 0.1) is 0 Å². The number of hydrogen-bond donors (Lipinski definition) is 0. The molecule has 20 heavy (non-hydrogen) atoms. The zero-order valence-corrected chi connectivity index (χ0v) is 13.8. The van der Waals surface area contributed by atoms with Crippen LogP contribution in [0.3, 0.4) is 0 Å². The molecular formula is C3H10B3F12KN-3. The van der Waals surface area contributed by atoms with Crippen LogP contribution in [0.1, 0.15) is 1.43 Å². The number of hydrogen-bond acceptors (Lipinski definition) is 1. The van der Waals surface area contributed by atoms with Crippen molar-refractivity contribution in [3.63, 3.8) is 0 Å². The van der Waals surface area contributed by atoms with Crippen LogP contribution >= 0.6 is 0 Å². The molecule has 0 radical (unpaired) electrons. The monoisotopic (exact) mass is 360 g/mol. The molecule has 0 aliphatic carbocycles. The summed E-state index contributed by atoms with van der Waals surface area (Å²) in [5.41, 5.74) is 0. The van der Waals surface area contributed by atoms with Gasteiger partial charge >= 0.3 is 73.1 Å². The SMILES string of the molecule is CN(C)C.F[B-](F)(F)F.F[B-](F)(F)F.F[B-](F)(F)F.[H-].[K+]. The molecule has 17 heteroatoms. The van der Waals surface area contributed by atoms with E-state index in [0.717, 1.165) is 0 Å². The van der Waals surface area contributed by atoms with Gasteiger partial charge in [0.25, 0.3) is 0 Å². The predicted octanol–water partition coefficient (Wildman–Crippen LogP) is 1.19. The predicted molar refractivity (Wildman–Crippen MR) is 51.3 cm³/mol. The fourth-order valence-electron chi connectivity index (χ4n) is 0. The second-order valence-corrected chi connectivity index (χ2v) is 2.83. The normalized spacial score (nSPS) is 10.8. The molecule has 0 aromatic rings. The van der Waals surface area contributed by atoms with Gasteiger partial charge in [-0.3, -0.25) is 0 Å². The molecule has 0 aliphatic heterocycles. The van der Waals surface area contributed by atoms with E-state index in [-0.39, 0.29) is 52.8 Å². The van der Waals surface area contributed by atoms with E-state index in [1.54, 1.807) is 0 Å². The van der Waals surface area contributed by atoms with Crippen molar-refractivity contribution in [1.82, 2.24) is 4.90 Å². The quantitative estimate of drug-likeness (QED) is 0.464. The largest absolute Gasteiger partial charge is 1.00 e. The molecule has 0 rings (SSSR count). The Morgan fingerprint density at radius 1 is 0.500 bits per heavy atom. The van der Waals surface area contributed by atoms with Crippen LogP contribution in [0.4, 0.5) is 51.8 Å². The molecule has 0 aromatic heterocycles. The summed E-state index contributed by atoms with van der Waals surface area (Å²) in [4.78, 5) is 2.00. The second-order valence-electron chi connectivity index (χ2n) is 2.83. The van der Waals surface area contributed by atoms with Gasteiger partial charge in [0, 0.05) is 0 Å². The van der Waals surface area contributed by atoms with Crippen LogP contribution in [0.15, 0.2) is 0 Å². The van der Waals surface area contributed by atoms with Gasteiger partial charge in [0.05, 0.1) is 0 Å². The average Bonchev–Trinajstić information content (AvgIpc) is 1.66. The van der Waals surface area contributed by atoms with E-state index < -0.39 is 21.8 Å². The van der Waals surface area contributed by atoms with Crippen molar-refractivity contribution >= 4 is 21.8 Å². The number of halogens is 12. The molecule has 0 heterocycles. The third-order valence-electron chi connectivity index (χ3n) is 0. The van der Waals surface area contributed by atoms with Gasteiger partial charge in [-0.05, 0) is 21.1 Å². The third kappa shape index (κ3) is 6750. The maximum Gasteiger partial charge on any atom is 1.00 e. The molecule has 0 bridgehead atoms. The summed E-state index contributed by atoms with van der Waals surface area (Å²) in [6.07, 6.45) is 0. The van der Waals surface area contributed by atoms with Gasteiger partial charge in [-0.2, -0.15) is 0 Å². The van der Waals surface area contributed by atoms with Crippen molar-refractivity contribution in [3.05, 3.63) is 0 Å². The summed E-state index contributed by atoms with van der Waals surface area (Å²) in [6.45, 7) is 0. The standard InChI is InChI=1S/C3H9N.3BF4.K.H/c1-4(2)3;3*2-1(3,4)5;;/h1-3H3;;;;;/q;3*-1;+1;-1. The summed E-state index contributed by atoms with van der Waals surface area (Å²) >= 11 is 0. The molecule has 0 fully saturated rings. The Kier molecular flexibility index (Phi) is 24.4. The number of nitrogens with zero attached hydrogens (tertiary/aromatic N) is 1. The third-order valence-corrected chi connectivity index (χ3v) is 0. The van der Waals surface area contributed by atoms with Gasteiger partial charge in [-0.15, -0.1) is 0 Å². The topological polar surface area (TPSA) is 3.24 Å². The fraction of sp³-hybridized carbons (Fsp3) is 1.00. The van der Waals surface area contributed by atoms with Gasteiger partial charge < -0.3 is 58.1 Å². The van der Waals surface area contributed by atoms with Crippen molar-refractivity contribution in [1.29, 1.82) is 0 Å².